The van der Waals surface area contributed by atoms with Gasteiger partial charge in [0.2, 0.25) is 5.91 Å². The maximum absolute atomic E-state index is 12.5. The summed E-state index contributed by atoms with van der Waals surface area (Å²) < 4.78 is 11.0. The van der Waals surface area contributed by atoms with E-state index in [1.54, 1.807) is 6.92 Å². The van der Waals surface area contributed by atoms with Crippen molar-refractivity contribution >= 4 is 17.6 Å². The van der Waals surface area contributed by atoms with Crippen LogP contribution in [0.5, 0.6) is 0 Å². The van der Waals surface area contributed by atoms with Crippen LogP contribution in [0, 0.1) is 0 Å². The van der Waals surface area contributed by atoms with Crippen LogP contribution < -0.4 is 5.32 Å². The van der Waals surface area contributed by atoms with Crippen LogP contribution in [0.2, 0.25) is 0 Å². The number of benzene rings is 1. The molecule has 0 spiro atoms. The molecule has 2 aliphatic rings. The number of esters is 1. The number of aliphatic hydroxyl groups excluding tert-OH is 1. The van der Waals surface area contributed by atoms with Crippen molar-refractivity contribution < 1.29 is 24.2 Å². The Bertz CT molecular complexity index is 724. The number of hydrazone groups is 1. The summed E-state index contributed by atoms with van der Waals surface area (Å²) in [4.78, 5) is 24.3. The largest absolute Gasteiger partial charge is 0.461 e. The van der Waals surface area contributed by atoms with Crippen LogP contribution >= 0.6 is 0 Å². The summed E-state index contributed by atoms with van der Waals surface area (Å²) in [7, 11) is 0. The van der Waals surface area contributed by atoms with Gasteiger partial charge in [0.05, 0.1) is 25.4 Å². The van der Waals surface area contributed by atoms with Gasteiger partial charge in [0.15, 0.2) is 0 Å². The summed E-state index contributed by atoms with van der Waals surface area (Å²) in [5, 5.41) is 18.4. The molecule has 29 heavy (non-hydrogen) atoms. The highest BCUT2D eigenvalue weighted by Gasteiger charge is 2.32. The van der Waals surface area contributed by atoms with Gasteiger partial charge < -0.3 is 19.9 Å². The van der Waals surface area contributed by atoms with E-state index < -0.39 is 12.2 Å². The summed E-state index contributed by atoms with van der Waals surface area (Å²) in [5.41, 5.74) is 1.23. The van der Waals surface area contributed by atoms with E-state index in [0.717, 1.165) is 31.2 Å². The zero-order valence-electron chi connectivity index (χ0n) is 16.8. The lowest BCUT2D eigenvalue weighted by Gasteiger charge is -2.32. The summed E-state index contributed by atoms with van der Waals surface area (Å²) in [6, 6.07) is 9.88. The van der Waals surface area contributed by atoms with Gasteiger partial charge in [-0.05, 0) is 25.3 Å². The zero-order chi connectivity index (χ0) is 20.6. The molecular weight excluding hydrogens is 374 g/mol. The van der Waals surface area contributed by atoms with E-state index in [0.29, 0.717) is 6.61 Å². The summed E-state index contributed by atoms with van der Waals surface area (Å²) in [6.45, 7) is 2.33. The molecule has 1 amide bonds. The molecule has 3 atom stereocenters. The van der Waals surface area contributed by atoms with Crippen molar-refractivity contribution in [1.29, 1.82) is 0 Å². The second-order valence-electron chi connectivity index (χ2n) is 7.34. The fourth-order valence-corrected chi connectivity index (χ4v) is 3.66. The Morgan fingerprint density at radius 3 is 2.76 bits per heavy atom. The highest BCUT2D eigenvalue weighted by Crippen LogP contribution is 2.23. The standard InChI is InChI=1S/C21H29N3O5/c1-2-28-21(27)17-12-20(26)24(23-17)13-19(25)22-16-10-6-7-11-18(16)29-14-15-8-4-3-5-9-15/h3-5,8-9,16,18,20,26H,2,6-7,10-14H2,1H3,(H,22,25). The Labute approximate surface area is 170 Å². The number of carbonyl (C=O) groups excluding carboxylic acids is 2. The summed E-state index contributed by atoms with van der Waals surface area (Å²) in [5.74, 6) is -0.811. The Balaban J connectivity index is 1.52. The lowest BCUT2D eigenvalue weighted by molar-refractivity contribution is -0.135. The van der Waals surface area contributed by atoms with Crippen molar-refractivity contribution in [2.24, 2.45) is 5.10 Å². The first kappa shape index (κ1) is 21.3. The van der Waals surface area contributed by atoms with Crippen molar-refractivity contribution in [3.05, 3.63) is 35.9 Å². The summed E-state index contributed by atoms with van der Waals surface area (Å²) in [6.07, 6.45) is 2.86. The lowest BCUT2D eigenvalue weighted by Crippen LogP contribution is -2.49. The topological polar surface area (TPSA) is 100 Å². The zero-order valence-corrected chi connectivity index (χ0v) is 16.8. The highest BCUT2D eigenvalue weighted by atomic mass is 16.5. The quantitative estimate of drug-likeness (QED) is 0.639. The van der Waals surface area contributed by atoms with Gasteiger partial charge in [-0.3, -0.25) is 9.80 Å². The lowest BCUT2D eigenvalue weighted by atomic mass is 9.92. The SMILES string of the molecule is CCOC(=O)C1=NN(CC(=O)NC2CCCCC2OCc2ccccc2)C(O)C1. The molecule has 8 heteroatoms. The van der Waals surface area contributed by atoms with Gasteiger partial charge in [0, 0.05) is 6.42 Å². The molecule has 1 aromatic rings. The van der Waals surface area contributed by atoms with Crippen LogP contribution in [-0.2, 0) is 25.7 Å². The molecule has 3 unspecified atom stereocenters. The molecule has 1 heterocycles. The molecule has 2 N–H and O–H groups in total. The van der Waals surface area contributed by atoms with E-state index >= 15 is 0 Å². The number of aliphatic hydroxyl groups is 1. The first-order valence-corrected chi connectivity index (χ1v) is 10.2. The van der Waals surface area contributed by atoms with Gasteiger partial charge in [0.1, 0.15) is 18.5 Å². The van der Waals surface area contributed by atoms with Crippen molar-refractivity contribution in [3.8, 4) is 0 Å². The first-order valence-electron chi connectivity index (χ1n) is 10.2. The smallest absolute Gasteiger partial charge is 0.354 e. The number of amides is 1. The Hall–Kier alpha value is -2.45. The molecule has 1 aliphatic carbocycles. The van der Waals surface area contributed by atoms with E-state index in [9.17, 15) is 14.7 Å². The van der Waals surface area contributed by atoms with E-state index in [1.807, 2.05) is 30.3 Å². The number of hydrogen-bond donors (Lipinski definition) is 2. The molecule has 3 rings (SSSR count). The molecule has 0 saturated heterocycles. The molecule has 8 nitrogen and oxygen atoms in total. The van der Waals surface area contributed by atoms with Crippen molar-refractivity contribution in [3.63, 3.8) is 0 Å². The number of ether oxygens (including phenoxy) is 2. The predicted octanol–water partition coefficient (Wildman–Crippen LogP) is 1.57. The van der Waals surface area contributed by atoms with Crippen LogP contribution in [-0.4, -0.2) is 59.2 Å². The van der Waals surface area contributed by atoms with Crippen LogP contribution in [0.1, 0.15) is 44.6 Å². The van der Waals surface area contributed by atoms with Crippen molar-refractivity contribution in [2.45, 2.75) is 64.0 Å². The van der Waals surface area contributed by atoms with Crippen LogP contribution in [0.25, 0.3) is 0 Å². The highest BCUT2D eigenvalue weighted by molar-refractivity contribution is 6.36. The van der Waals surface area contributed by atoms with E-state index in [1.165, 1.54) is 5.01 Å². The van der Waals surface area contributed by atoms with Crippen LogP contribution in [0.4, 0.5) is 0 Å². The van der Waals surface area contributed by atoms with Gasteiger partial charge >= 0.3 is 5.97 Å². The Morgan fingerprint density at radius 1 is 1.24 bits per heavy atom. The minimum absolute atomic E-state index is 0.0463. The number of hydrogen-bond acceptors (Lipinski definition) is 7. The Kier molecular flexibility index (Phi) is 7.60. The molecular formula is C21H29N3O5. The molecule has 1 saturated carbocycles. The normalized spacial score (nSPS) is 24.1. The second kappa shape index (κ2) is 10.4. The number of nitrogens with zero attached hydrogens (tertiary/aromatic N) is 2. The fourth-order valence-electron chi connectivity index (χ4n) is 3.66. The van der Waals surface area contributed by atoms with E-state index in [4.69, 9.17) is 9.47 Å². The molecule has 0 bridgehead atoms. The number of rotatable bonds is 8. The third-order valence-corrected chi connectivity index (χ3v) is 5.14. The molecule has 1 aliphatic heterocycles. The molecule has 158 valence electrons. The third-order valence-electron chi connectivity index (χ3n) is 5.14. The first-order chi connectivity index (χ1) is 14.1. The maximum atomic E-state index is 12.5. The number of carbonyl (C=O) groups is 2. The van der Waals surface area contributed by atoms with Gasteiger partial charge in [-0.1, -0.05) is 43.2 Å². The average Bonchev–Trinajstić information content (AvgIpc) is 3.08. The fraction of sp³-hybridized carbons (Fsp3) is 0.571. The van der Waals surface area contributed by atoms with Gasteiger partial charge in [0.25, 0.3) is 0 Å². The van der Waals surface area contributed by atoms with Crippen molar-refractivity contribution in [2.75, 3.05) is 13.2 Å². The van der Waals surface area contributed by atoms with Gasteiger partial charge in [-0.25, -0.2) is 4.79 Å². The molecule has 0 radical (unpaired) electrons. The summed E-state index contributed by atoms with van der Waals surface area (Å²) >= 11 is 0. The minimum Gasteiger partial charge on any atom is -0.461 e. The van der Waals surface area contributed by atoms with E-state index in [2.05, 4.69) is 10.4 Å². The molecule has 1 aromatic carbocycles. The average molecular weight is 403 g/mol. The molecule has 1 fully saturated rings. The maximum Gasteiger partial charge on any atom is 0.354 e. The van der Waals surface area contributed by atoms with Crippen LogP contribution in [0.15, 0.2) is 35.4 Å². The van der Waals surface area contributed by atoms with Crippen LogP contribution in [0.3, 0.4) is 0 Å². The van der Waals surface area contributed by atoms with Gasteiger partial charge in [-0.2, -0.15) is 5.10 Å². The van der Waals surface area contributed by atoms with E-state index in [-0.39, 0.29) is 43.3 Å². The second-order valence-corrected chi connectivity index (χ2v) is 7.34. The number of nitrogens with one attached hydrogen (secondary N) is 1. The monoisotopic (exact) mass is 403 g/mol. The minimum atomic E-state index is -1.00. The third kappa shape index (κ3) is 6.01. The predicted molar refractivity (Wildman–Crippen MR) is 107 cm³/mol. The van der Waals surface area contributed by atoms with Crippen molar-refractivity contribution in [1.82, 2.24) is 10.3 Å². The van der Waals surface area contributed by atoms with Gasteiger partial charge in [-0.15, -0.1) is 0 Å². The molecule has 0 aromatic heterocycles. The Morgan fingerprint density at radius 2 is 2.00 bits per heavy atom.